The lowest BCUT2D eigenvalue weighted by atomic mass is 10.5. The fraction of sp³-hybridized carbons (Fsp3) is 0. The summed E-state index contributed by atoms with van der Waals surface area (Å²) < 4.78 is 0.960. The molecule has 0 aliphatic carbocycles. The Morgan fingerprint density at radius 3 is 2.75 bits per heavy atom. The maximum absolute atomic E-state index is 5.29. The third kappa shape index (κ3) is 2.94. The molecule has 4 nitrogen and oxygen atoms in total. The summed E-state index contributed by atoms with van der Waals surface area (Å²) in [6.07, 6.45) is 1.76. The van der Waals surface area contributed by atoms with Crippen LogP contribution in [0.2, 0.25) is 0 Å². The lowest BCUT2D eigenvalue weighted by molar-refractivity contribution is 1.08. The molecule has 0 fully saturated rings. The highest BCUT2D eigenvalue weighted by atomic mass is 79.9. The van der Waals surface area contributed by atoms with Gasteiger partial charge in [0.1, 0.15) is 15.9 Å². The summed E-state index contributed by atoms with van der Waals surface area (Å²) in [4.78, 5) is 8.54. The van der Waals surface area contributed by atoms with Crippen LogP contribution in [0.3, 0.4) is 0 Å². The Kier molecular flexibility index (Phi) is 3.76. The van der Waals surface area contributed by atoms with Crippen molar-refractivity contribution in [2.45, 2.75) is 10.1 Å². The van der Waals surface area contributed by atoms with Gasteiger partial charge in [-0.05, 0) is 40.2 Å². The number of hydrazine groups is 1. The van der Waals surface area contributed by atoms with E-state index in [1.807, 2.05) is 24.3 Å². The first-order chi connectivity index (χ1) is 7.78. The highest BCUT2D eigenvalue weighted by Crippen LogP contribution is 2.25. The topological polar surface area (TPSA) is 63.8 Å². The lowest BCUT2D eigenvalue weighted by Gasteiger charge is -2.02. The molecule has 2 aromatic heterocycles. The van der Waals surface area contributed by atoms with Crippen LogP contribution in [0, 0.1) is 0 Å². The van der Waals surface area contributed by atoms with Crippen molar-refractivity contribution in [1.29, 1.82) is 0 Å². The van der Waals surface area contributed by atoms with Crippen molar-refractivity contribution in [2.75, 3.05) is 5.43 Å². The molecular weight excluding hydrogens is 288 g/mol. The molecule has 2 heterocycles. The van der Waals surface area contributed by atoms with Gasteiger partial charge in [-0.15, -0.1) is 0 Å². The van der Waals surface area contributed by atoms with Crippen LogP contribution in [-0.2, 0) is 0 Å². The SMILES string of the molecule is NNc1cccc(Sc2ccc(Br)cn2)n1. The summed E-state index contributed by atoms with van der Waals surface area (Å²) >= 11 is 4.83. The Bertz CT molecular complexity index is 475. The van der Waals surface area contributed by atoms with E-state index in [1.165, 1.54) is 11.8 Å². The Hall–Kier alpha value is -1.11. The number of rotatable bonds is 3. The van der Waals surface area contributed by atoms with Gasteiger partial charge in [-0.3, -0.25) is 0 Å². The molecule has 0 saturated carbocycles. The molecule has 0 aromatic carbocycles. The van der Waals surface area contributed by atoms with Gasteiger partial charge in [0.05, 0.1) is 0 Å². The first-order valence-electron chi connectivity index (χ1n) is 4.51. The number of nitrogens with two attached hydrogens (primary N) is 1. The van der Waals surface area contributed by atoms with Crippen molar-refractivity contribution >= 4 is 33.5 Å². The Balaban J connectivity index is 2.16. The van der Waals surface area contributed by atoms with Gasteiger partial charge in [0.25, 0.3) is 0 Å². The molecule has 82 valence electrons. The smallest absolute Gasteiger partial charge is 0.141 e. The summed E-state index contributed by atoms with van der Waals surface area (Å²) in [7, 11) is 0. The van der Waals surface area contributed by atoms with Crippen LogP contribution >= 0.6 is 27.7 Å². The van der Waals surface area contributed by atoms with E-state index in [0.29, 0.717) is 5.82 Å². The number of pyridine rings is 2. The molecule has 0 radical (unpaired) electrons. The minimum absolute atomic E-state index is 0.641. The lowest BCUT2D eigenvalue weighted by Crippen LogP contribution is -2.08. The summed E-state index contributed by atoms with van der Waals surface area (Å²) in [5.74, 6) is 5.93. The van der Waals surface area contributed by atoms with E-state index in [2.05, 4.69) is 31.3 Å². The van der Waals surface area contributed by atoms with E-state index in [4.69, 9.17) is 5.84 Å². The maximum atomic E-state index is 5.29. The molecule has 0 spiro atoms. The van der Waals surface area contributed by atoms with E-state index < -0.39 is 0 Å². The normalized spacial score (nSPS) is 10.1. The fourth-order valence-corrected chi connectivity index (χ4v) is 2.06. The number of halogens is 1. The summed E-state index contributed by atoms with van der Waals surface area (Å²) in [5.41, 5.74) is 2.51. The highest BCUT2D eigenvalue weighted by Gasteiger charge is 2.00. The molecule has 3 N–H and O–H groups in total. The minimum Gasteiger partial charge on any atom is -0.308 e. The Labute approximate surface area is 106 Å². The molecule has 0 aliphatic heterocycles. The van der Waals surface area contributed by atoms with Gasteiger partial charge in [-0.1, -0.05) is 17.8 Å². The standard InChI is InChI=1S/C10H9BrN4S/c11-7-4-5-9(13-6-7)16-10-3-1-2-8(14-10)15-12/h1-6H,12H2,(H,14,15). The van der Waals surface area contributed by atoms with Gasteiger partial charge in [0.2, 0.25) is 0 Å². The van der Waals surface area contributed by atoms with Gasteiger partial charge >= 0.3 is 0 Å². The number of anilines is 1. The highest BCUT2D eigenvalue weighted by molar-refractivity contribution is 9.10. The quantitative estimate of drug-likeness (QED) is 0.673. The number of nitrogen functional groups attached to an aromatic ring is 1. The Morgan fingerprint density at radius 2 is 2.06 bits per heavy atom. The van der Waals surface area contributed by atoms with E-state index in [9.17, 15) is 0 Å². The predicted molar refractivity (Wildman–Crippen MR) is 68.1 cm³/mol. The monoisotopic (exact) mass is 296 g/mol. The van der Waals surface area contributed by atoms with E-state index in [1.54, 1.807) is 12.3 Å². The molecule has 0 bridgehead atoms. The van der Waals surface area contributed by atoms with Crippen LogP contribution < -0.4 is 11.3 Å². The van der Waals surface area contributed by atoms with Gasteiger partial charge < -0.3 is 5.43 Å². The van der Waals surface area contributed by atoms with Crippen molar-refractivity contribution in [1.82, 2.24) is 9.97 Å². The molecular formula is C10H9BrN4S. The van der Waals surface area contributed by atoms with Gasteiger partial charge in [0, 0.05) is 10.7 Å². The zero-order valence-corrected chi connectivity index (χ0v) is 10.6. The molecule has 0 unspecified atom stereocenters. The molecule has 16 heavy (non-hydrogen) atoms. The fourth-order valence-electron chi connectivity index (χ4n) is 1.08. The van der Waals surface area contributed by atoms with Gasteiger partial charge in [-0.2, -0.15) is 0 Å². The van der Waals surface area contributed by atoms with E-state index in [0.717, 1.165) is 14.5 Å². The van der Waals surface area contributed by atoms with Crippen LogP contribution in [0.15, 0.2) is 51.1 Å². The zero-order chi connectivity index (χ0) is 11.4. The van der Waals surface area contributed by atoms with Crippen LogP contribution in [0.1, 0.15) is 0 Å². The van der Waals surface area contributed by atoms with Crippen LogP contribution in [0.5, 0.6) is 0 Å². The molecule has 0 amide bonds. The van der Waals surface area contributed by atoms with Crippen LogP contribution in [-0.4, -0.2) is 9.97 Å². The van der Waals surface area contributed by atoms with Crippen molar-refractivity contribution in [2.24, 2.45) is 5.84 Å². The number of aromatic nitrogens is 2. The van der Waals surface area contributed by atoms with Crippen molar-refractivity contribution in [3.63, 3.8) is 0 Å². The summed E-state index contributed by atoms with van der Waals surface area (Å²) in [6.45, 7) is 0. The Morgan fingerprint density at radius 1 is 1.19 bits per heavy atom. The maximum Gasteiger partial charge on any atom is 0.141 e. The van der Waals surface area contributed by atoms with Crippen molar-refractivity contribution in [3.8, 4) is 0 Å². The predicted octanol–water partition coefficient (Wildman–Crippen LogP) is 2.68. The number of nitrogens with one attached hydrogen (secondary N) is 1. The zero-order valence-electron chi connectivity index (χ0n) is 8.22. The number of hydrogen-bond acceptors (Lipinski definition) is 5. The van der Waals surface area contributed by atoms with Crippen molar-refractivity contribution < 1.29 is 0 Å². The van der Waals surface area contributed by atoms with Crippen molar-refractivity contribution in [3.05, 3.63) is 41.0 Å². The van der Waals surface area contributed by atoms with Crippen LogP contribution in [0.4, 0.5) is 5.82 Å². The molecule has 0 atom stereocenters. The number of hydrogen-bond donors (Lipinski definition) is 2. The summed E-state index contributed by atoms with van der Waals surface area (Å²) in [5, 5.41) is 1.75. The average molecular weight is 297 g/mol. The third-order valence-corrected chi connectivity index (χ3v) is 3.14. The second-order valence-electron chi connectivity index (χ2n) is 2.92. The largest absolute Gasteiger partial charge is 0.308 e. The average Bonchev–Trinajstić information content (AvgIpc) is 2.32. The second kappa shape index (κ2) is 5.29. The molecule has 6 heteroatoms. The minimum atomic E-state index is 0.641. The van der Waals surface area contributed by atoms with Gasteiger partial charge in [0.15, 0.2) is 0 Å². The van der Waals surface area contributed by atoms with E-state index in [-0.39, 0.29) is 0 Å². The first-order valence-corrected chi connectivity index (χ1v) is 6.12. The first kappa shape index (κ1) is 11.4. The molecule has 0 aliphatic rings. The van der Waals surface area contributed by atoms with Gasteiger partial charge in [-0.25, -0.2) is 15.8 Å². The molecule has 2 rings (SSSR count). The third-order valence-electron chi connectivity index (χ3n) is 1.78. The summed E-state index contributed by atoms with van der Waals surface area (Å²) in [6, 6.07) is 9.48. The molecule has 0 saturated heterocycles. The molecule has 2 aromatic rings. The number of nitrogens with zero attached hydrogens (tertiary/aromatic N) is 2. The van der Waals surface area contributed by atoms with E-state index >= 15 is 0 Å². The van der Waals surface area contributed by atoms with Crippen LogP contribution in [0.25, 0.3) is 0 Å². The second-order valence-corrected chi connectivity index (χ2v) is 4.88.